The van der Waals surface area contributed by atoms with Crippen molar-refractivity contribution in [3.8, 4) is 0 Å². The van der Waals surface area contributed by atoms with Gasteiger partial charge in [-0.25, -0.2) is 0 Å². The third-order valence-electron chi connectivity index (χ3n) is 3.64. The van der Waals surface area contributed by atoms with Gasteiger partial charge in [0.05, 0.1) is 12.7 Å². The van der Waals surface area contributed by atoms with Gasteiger partial charge in [0.2, 0.25) is 0 Å². The lowest BCUT2D eigenvalue weighted by Crippen LogP contribution is -2.36. The molecular weight excluding hydrogens is 214 g/mol. The van der Waals surface area contributed by atoms with Gasteiger partial charge >= 0.3 is 0 Å². The molecule has 1 aliphatic rings. The number of aryl methyl sites for hydroxylation is 1. The number of nitrogens with zero attached hydrogens (tertiary/aromatic N) is 1. The van der Waals surface area contributed by atoms with E-state index in [4.69, 9.17) is 9.84 Å². The van der Waals surface area contributed by atoms with E-state index in [2.05, 4.69) is 24.0 Å². The Morgan fingerprint density at radius 2 is 2.06 bits per heavy atom. The minimum Gasteiger partial charge on any atom is -0.392 e. The van der Waals surface area contributed by atoms with Gasteiger partial charge in [-0.3, -0.25) is 0 Å². The van der Waals surface area contributed by atoms with Gasteiger partial charge in [0, 0.05) is 25.9 Å². The zero-order chi connectivity index (χ0) is 12.3. The van der Waals surface area contributed by atoms with E-state index in [0.29, 0.717) is 6.10 Å². The molecule has 0 aromatic heterocycles. The number of benzene rings is 1. The molecule has 94 valence electrons. The molecule has 0 aliphatic carbocycles. The highest BCUT2D eigenvalue weighted by Gasteiger charge is 2.18. The Hall–Kier alpha value is -1.06. The predicted molar refractivity (Wildman–Crippen MR) is 69.3 cm³/mol. The van der Waals surface area contributed by atoms with E-state index in [1.165, 1.54) is 11.3 Å². The van der Waals surface area contributed by atoms with Crippen LogP contribution in [-0.4, -0.2) is 31.4 Å². The van der Waals surface area contributed by atoms with Crippen molar-refractivity contribution in [2.75, 3.05) is 25.1 Å². The van der Waals surface area contributed by atoms with Crippen LogP contribution in [0.15, 0.2) is 18.2 Å². The SMILES string of the molecule is COC1CCN(c2ccc(CO)c(C)c2)CC1. The van der Waals surface area contributed by atoms with Crippen molar-refractivity contribution in [1.82, 2.24) is 0 Å². The molecule has 1 heterocycles. The van der Waals surface area contributed by atoms with Crippen molar-refractivity contribution in [1.29, 1.82) is 0 Å². The quantitative estimate of drug-likeness (QED) is 0.871. The topological polar surface area (TPSA) is 32.7 Å². The molecule has 0 atom stereocenters. The summed E-state index contributed by atoms with van der Waals surface area (Å²) in [5, 5.41) is 9.16. The Morgan fingerprint density at radius 1 is 1.35 bits per heavy atom. The van der Waals surface area contributed by atoms with Crippen LogP contribution in [0.3, 0.4) is 0 Å². The number of hydrogen-bond acceptors (Lipinski definition) is 3. The monoisotopic (exact) mass is 235 g/mol. The molecule has 3 heteroatoms. The van der Waals surface area contributed by atoms with Crippen molar-refractivity contribution in [3.63, 3.8) is 0 Å². The Balaban J connectivity index is 2.06. The minimum atomic E-state index is 0.123. The first-order chi connectivity index (χ1) is 8.24. The summed E-state index contributed by atoms with van der Waals surface area (Å²) >= 11 is 0. The first kappa shape index (κ1) is 12.4. The van der Waals surface area contributed by atoms with Crippen molar-refractivity contribution >= 4 is 5.69 Å². The van der Waals surface area contributed by atoms with Crippen LogP contribution in [0.25, 0.3) is 0 Å². The lowest BCUT2D eigenvalue weighted by molar-refractivity contribution is 0.0819. The van der Waals surface area contributed by atoms with E-state index in [-0.39, 0.29) is 6.61 Å². The highest BCUT2D eigenvalue weighted by Crippen LogP contribution is 2.23. The molecule has 1 aromatic rings. The predicted octanol–water partition coefficient (Wildman–Crippen LogP) is 2.10. The molecule has 17 heavy (non-hydrogen) atoms. The molecule has 1 N–H and O–H groups in total. The molecule has 0 amide bonds. The van der Waals surface area contributed by atoms with Gasteiger partial charge in [0.15, 0.2) is 0 Å². The van der Waals surface area contributed by atoms with Gasteiger partial charge in [0.1, 0.15) is 0 Å². The fourth-order valence-corrected chi connectivity index (χ4v) is 2.40. The van der Waals surface area contributed by atoms with E-state index in [9.17, 15) is 0 Å². The molecule has 0 saturated carbocycles. The molecule has 0 spiro atoms. The van der Waals surface area contributed by atoms with Crippen LogP contribution in [0.2, 0.25) is 0 Å². The number of piperidine rings is 1. The lowest BCUT2D eigenvalue weighted by atomic mass is 10.0. The summed E-state index contributed by atoms with van der Waals surface area (Å²) in [6, 6.07) is 6.29. The fraction of sp³-hybridized carbons (Fsp3) is 0.571. The van der Waals surface area contributed by atoms with Crippen LogP contribution in [0.4, 0.5) is 5.69 Å². The van der Waals surface area contributed by atoms with E-state index in [0.717, 1.165) is 31.5 Å². The summed E-state index contributed by atoms with van der Waals surface area (Å²) < 4.78 is 5.38. The Morgan fingerprint density at radius 3 is 2.59 bits per heavy atom. The lowest BCUT2D eigenvalue weighted by Gasteiger charge is -2.33. The highest BCUT2D eigenvalue weighted by atomic mass is 16.5. The largest absolute Gasteiger partial charge is 0.392 e. The van der Waals surface area contributed by atoms with E-state index >= 15 is 0 Å². The molecule has 1 aliphatic heterocycles. The average molecular weight is 235 g/mol. The average Bonchev–Trinajstić information content (AvgIpc) is 2.39. The molecule has 1 aromatic carbocycles. The van der Waals surface area contributed by atoms with Crippen molar-refractivity contribution in [3.05, 3.63) is 29.3 Å². The van der Waals surface area contributed by atoms with Crippen LogP contribution in [-0.2, 0) is 11.3 Å². The number of ether oxygens (including phenoxy) is 1. The third-order valence-corrected chi connectivity index (χ3v) is 3.64. The normalized spacial score (nSPS) is 17.5. The van der Waals surface area contributed by atoms with E-state index in [1.54, 1.807) is 7.11 Å². The van der Waals surface area contributed by atoms with Gasteiger partial charge in [-0.05, 0) is 43.0 Å². The zero-order valence-electron chi connectivity index (χ0n) is 10.6. The number of aliphatic hydroxyl groups excluding tert-OH is 1. The Labute approximate surface area is 103 Å². The first-order valence-corrected chi connectivity index (χ1v) is 6.22. The van der Waals surface area contributed by atoms with Gasteiger partial charge < -0.3 is 14.7 Å². The van der Waals surface area contributed by atoms with Gasteiger partial charge in [-0.15, -0.1) is 0 Å². The molecule has 2 rings (SSSR count). The smallest absolute Gasteiger partial charge is 0.0684 e. The van der Waals surface area contributed by atoms with Crippen molar-refractivity contribution in [2.24, 2.45) is 0 Å². The second-order valence-electron chi connectivity index (χ2n) is 4.69. The van der Waals surface area contributed by atoms with Crippen LogP contribution < -0.4 is 4.90 Å². The van der Waals surface area contributed by atoms with Gasteiger partial charge in [-0.2, -0.15) is 0 Å². The number of aliphatic hydroxyl groups is 1. The third kappa shape index (κ3) is 2.79. The van der Waals surface area contributed by atoms with E-state index < -0.39 is 0 Å². The maximum Gasteiger partial charge on any atom is 0.0684 e. The minimum absolute atomic E-state index is 0.123. The highest BCUT2D eigenvalue weighted by molar-refractivity contribution is 5.51. The second-order valence-corrected chi connectivity index (χ2v) is 4.69. The summed E-state index contributed by atoms with van der Waals surface area (Å²) in [7, 11) is 1.79. The summed E-state index contributed by atoms with van der Waals surface area (Å²) in [5.41, 5.74) is 3.44. The molecule has 1 fully saturated rings. The Bertz CT molecular complexity index is 370. The molecule has 0 unspecified atom stereocenters. The van der Waals surface area contributed by atoms with Crippen LogP contribution >= 0.6 is 0 Å². The molecule has 0 radical (unpaired) electrons. The standard InChI is InChI=1S/C14H21NO2/c1-11-9-13(4-3-12(11)10-16)15-7-5-14(17-2)6-8-15/h3-4,9,14,16H,5-8,10H2,1-2H3. The maximum absolute atomic E-state index is 9.16. The van der Waals surface area contributed by atoms with Crippen LogP contribution in [0.1, 0.15) is 24.0 Å². The number of anilines is 1. The second kappa shape index (κ2) is 5.52. The summed E-state index contributed by atoms with van der Waals surface area (Å²) in [6.07, 6.45) is 2.61. The summed E-state index contributed by atoms with van der Waals surface area (Å²) in [5.74, 6) is 0. The van der Waals surface area contributed by atoms with Gasteiger partial charge in [0.25, 0.3) is 0 Å². The zero-order valence-corrected chi connectivity index (χ0v) is 10.6. The first-order valence-electron chi connectivity index (χ1n) is 6.22. The number of hydrogen-bond donors (Lipinski definition) is 1. The maximum atomic E-state index is 9.16. The summed E-state index contributed by atoms with van der Waals surface area (Å²) in [4.78, 5) is 2.39. The summed E-state index contributed by atoms with van der Waals surface area (Å²) in [6.45, 7) is 4.28. The number of methoxy groups -OCH3 is 1. The molecular formula is C14H21NO2. The molecule has 0 bridgehead atoms. The molecule has 3 nitrogen and oxygen atoms in total. The molecule has 1 saturated heterocycles. The van der Waals surface area contributed by atoms with Crippen LogP contribution in [0.5, 0.6) is 0 Å². The van der Waals surface area contributed by atoms with E-state index in [1.807, 2.05) is 6.07 Å². The van der Waals surface area contributed by atoms with Crippen molar-refractivity contribution < 1.29 is 9.84 Å². The van der Waals surface area contributed by atoms with Crippen LogP contribution in [0, 0.1) is 6.92 Å². The number of rotatable bonds is 3. The van der Waals surface area contributed by atoms with Gasteiger partial charge in [-0.1, -0.05) is 6.07 Å². The Kier molecular flexibility index (Phi) is 4.02. The fourth-order valence-electron chi connectivity index (χ4n) is 2.40. The van der Waals surface area contributed by atoms with Crippen molar-refractivity contribution in [2.45, 2.75) is 32.5 Å².